The zero-order valence-corrected chi connectivity index (χ0v) is 13.8. The van der Waals surface area contributed by atoms with Crippen LogP contribution in [0.5, 0.6) is 5.75 Å². The summed E-state index contributed by atoms with van der Waals surface area (Å²) >= 11 is 0. The van der Waals surface area contributed by atoms with Gasteiger partial charge in [-0.05, 0) is 31.0 Å². The van der Waals surface area contributed by atoms with Gasteiger partial charge in [0.1, 0.15) is 10.5 Å². The number of para-hydroxylation sites is 1. The predicted octanol–water partition coefficient (Wildman–Crippen LogP) is 3.94. The smallest absolute Gasteiger partial charge is 0.188 e. The van der Waals surface area contributed by atoms with E-state index in [1.165, 1.54) is 0 Å². The highest BCUT2D eigenvalue weighted by atomic mass is 32.2. The number of rotatable bonds is 2. The third-order valence-corrected chi connectivity index (χ3v) is 7.94. The maximum Gasteiger partial charge on any atom is 0.188 e. The molecule has 4 heteroatoms. The van der Waals surface area contributed by atoms with Gasteiger partial charge in [0.2, 0.25) is 0 Å². The second-order valence-electron chi connectivity index (χ2n) is 6.46. The minimum atomic E-state index is -3.48. The molecule has 1 aliphatic carbocycles. The number of benzene rings is 2. The van der Waals surface area contributed by atoms with Gasteiger partial charge >= 0.3 is 0 Å². The van der Waals surface area contributed by atoms with Crippen molar-refractivity contribution in [1.82, 2.24) is 0 Å². The zero-order valence-electron chi connectivity index (χ0n) is 12.9. The van der Waals surface area contributed by atoms with E-state index in [2.05, 4.69) is 0 Å². The van der Waals surface area contributed by atoms with E-state index in [-0.39, 0.29) is 5.92 Å². The normalized spacial score (nSPS) is 26.7. The molecule has 0 aromatic heterocycles. The molecule has 0 saturated heterocycles. The molecular weight excluding hydrogens is 308 g/mol. The van der Waals surface area contributed by atoms with Gasteiger partial charge in [-0.3, -0.25) is 0 Å². The first-order valence-corrected chi connectivity index (χ1v) is 9.66. The summed E-state index contributed by atoms with van der Waals surface area (Å²) in [5.41, 5.74) is 0.847. The molecule has 0 N–H and O–H groups in total. The van der Waals surface area contributed by atoms with Gasteiger partial charge in [-0.25, -0.2) is 8.42 Å². The number of hydrogen-bond donors (Lipinski definition) is 0. The minimum Gasteiger partial charge on any atom is -0.493 e. The van der Waals surface area contributed by atoms with Crippen LogP contribution in [0.1, 0.15) is 31.2 Å². The Morgan fingerprint density at radius 3 is 2.52 bits per heavy atom. The van der Waals surface area contributed by atoms with Crippen molar-refractivity contribution in [2.45, 2.75) is 35.3 Å². The van der Waals surface area contributed by atoms with Crippen LogP contribution in [-0.2, 0) is 14.6 Å². The van der Waals surface area contributed by atoms with Crippen LogP contribution in [0.2, 0.25) is 0 Å². The first-order valence-electron chi connectivity index (χ1n) is 8.18. The molecule has 3 nitrogen and oxygen atoms in total. The Hall–Kier alpha value is -1.81. The molecule has 1 aliphatic heterocycles. The van der Waals surface area contributed by atoms with Crippen LogP contribution in [0.15, 0.2) is 59.5 Å². The van der Waals surface area contributed by atoms with E-state index in [0.29, 0.717) is 17.9 Å². The van der Waals surface area contributed by atoms with Crippen LogP contribution in [0.3, 0.4) is 0 Å². The predicted molar refractivity (Wildman–Crippen MR) is 89.2 cm³/mol. The topological polar surface area (TPSA) is 43.4 Å². The standard InChI is InChI=1S/C19H20O3S/c20-23(21,16-9-2-1-3-10-16)19-13-7-6-8-15(19)14-22-18-12-5-4-11-17(18)19/h1-5,9-12,15H,6-8,13-14H2. The lowest BCUT2D eigenvalue weighted by Gasteiger charge is -2.47. The van der Waals surface area contributed by atoms with Gasteiger partial charge in [-0.1, -0.05) is 49.2 Å². The molecule has 2 atom stereocenters. The van der Waals surface area contributed by atoms with Crippen molar-refractivity contribution < 1.29 is 13.2 Å². The van der Waals surface area contributed by atoms with E-state index in [9.17, 15) is 8.42 Å². The minimum absolute atomic E-state index is 0.0244. The van der Waals surface area contributed by atoms with Crippen molar-refractivity contribution >= 4 is 9.84 Å². The molecule has 2 aliphatic rings. The van der Waals surface area contributed by atoms with E-state index in [1.807, 2.05) is 30.3 Å². The van der Waals surface area contributed by atoms with Crippen molar-refractivity contribution in [3.8, 4) is 5.75 Å². The fourth-order valence-electron chi connectivity index (χ4n) is 4.23. The number of fused-ring (bicyclic) bond motifs is 3. The van der Waals surface area contributed by atoms with Crippen LogP contribution < -0.4 is 4.74 Å². The van der Waals surface area contributed by atoms with Crippen LogP contribution in [0.4, 0.5) is 0 Å². The molecule has 0 amide bonds. The van der Waals surface area contributed by atoms with E-state index >= 15 is 0 Å². The highest BCUT2D eigenvalue weighted by molar-refractivity contribution is 7.92. The van der Waals surface area contributed by atoms with Gasteiger partial charge in [0.15, 0.2) is 9.84 Å². The molecule has 1 saturated carbocycles. The van der Waals surface area contributed by atoms with Crippen molar-refractivity contribution in [1.29, 1.82) is 0 Å². The molecule has 2 aromatic rings. The number of hydrogen-bond acceptors (Lipinski definition) is 3. The molecular formula is C19H20O3S. The van der Waals surface area contributed by atoms with Gasteiger partial charge in [0.05, 0.1) is 11.5 Å². The number of ether oxygens (including phenoxy) is 1. The summed E-state index contributed by atoms with van der Waals surface area (Å²) in [5.74, 6) is 0.751. The van der Waals surface area contributed by atoms with Gasteiger partial charge < -0.3 is 4.74 Å². The Kier molecular flexibility index (Phi) is 3.45. The first kappa shape index (κ1) is 14.8. The Morgan fingerprint density at radius 2 is 1.70 bits per heavy atom. The van der Waals surface area contributed by atoms with E-state index < -0.39 is 14.6 Å². The Bertz CT molecular complexity index is 814. The largest absolute Gasteiger partial charge is 0.493 e. The van der Waals surface area contributed by atoms with Crippen LogP contribution in [0.25, 0.3) is 0 Å². The third-order valence-electron chi connectivity index (χ3n) is 5.33. The molecule has 1 heterocycles. The highest BCUT2D eigenvalue weighted by Gasteiger charge is 2.56. The highest BCUT2D eigenvalue weighted by Crippen LogP contribution is 2.54. The van der Waals surface area contributed by atoms with E-state index in [4.69, 9.17) is 4.74 Å². The average Bonchev–Trinajstić information content (AvgIpc) is 2.62. The second kappa shape index (κ2) is 5.38. The van der Waals surface area contributed by atoms with Gasteiger partial charge in [0.25, 0.3) is 0 Å². The third kappa shape index (κ3) is 2.04. The summed E-state index contributed by atoms with van der Waals surface area (Å²) in [5, 5.41) is 0. The zero-order chi connectivity index (χ0) is 15.9. The molecule has 2 unspecified atom stereocenters. The lowest BCUT2D eigenvalue weighted by Crippen LogP contribution is -2.50. The van der Waals surface area contributed by atoms with Crippen LogP contribution in [0, 0.1) is 5.92 Å². The monoisotopic (exact) mass is 328 g/mol. The Labute approximate surface area is 137 Å². The quantitative estimate of drug-likeness (QED) is 0.839. The second-order valence-corrected chi connectivity index (χ2v) is 8.66. The maximum absolute atomic E-state index is 13.7. The molecule has 23 heavy (non-hydrogen) atoms. The molecule has 1 fully saturated rings. The fourth-order valence-corrected chi connectivity index (χ4v) is 6.66. The summed E-state index contributed by atoms with van der Waals surface area (Å²) in [4.78, 5) is 0.420. The molecule has 120 valence electrons. The van der Waals surface area contributed by atoms with Crippen molar-refractivity contribution in [2.75, 3.05) is 6.61 Å². The van der Waals surface area contributed by atoms with Gasteiger partial charge in [-0.15, -0.1) is 0 Å². The number of sulfone groups is 1. The molecule has 0 radical (unpaired) electrons. The average molecular weight is 328 g/mol. The fraction of sp³-hybridized carbons (Fsp3) is 0.368. The van der Waals surface area contributed by atoms with E-state index in [0.717, 1.165) is 30.6 Å². The summed E-state index contributed by atoms with van der Waals surface area (Å²) in [7, 11) is -3.48. The lowest BCUT2D eigenvalue weighted by atomic mass is 9.73. The Morgan fingerprint density at radius 1 is 0.957 bits per heavy atom. The molecule has 4 rings (SSSR count). The van der Waals surface area contributed by atoms with Crippen LogP contribution >= 0.6 is 0 Å². The summed E-state index contributed by atoms with van der Waals surface area (Å²) in [6, 6.07) is 16.5. The van der Waals surface area contributed by atoms with E-state index in [1.54, 1.807) is 24.3 Å². The van der Waals surface area contributed by atoms with Gasteiger partial charge in [0, 0.05) is 11.5 Å². The summed E-state index contributed by atoms with van der Waals surface area (Å²) in [6.45, 7) is 0.489. The van der Waals surface area contributed by atoms with Crippen molar-refractivity contribution in [2.24, 2.45) is 5.92 Å². The molecule has 2 aromatic carbocycles. The summed E-state index contributed by atoms with van der Waals surface area (Å²) in [6.07, 6.45) is 3.59. The maximum atomic E-state index is 13.7. The summed E-state index contributed by atoms with van der Waals surface area (Å²) < 4.78 is 32.3. The van der Waals surface area contributed by atoms with Crippen LogP contribution in [-0.4, -0.2) is 15.0 Å². The Balaban J connectivity index is 1.98. The van der Waals surface area contributed by atoms with Crippen molar-refractivity contribution in [3.05, 3.63) is 60.2 Å². The van der Waals surface area contributed by atoms with Gasteiger partial charge in [-0.2, -0.15) is 0 Å². The first-order chi connectivity index (χ1) is 11.2. The SMILES string of the molecule is O=S(=O)(c1ccccc1)C12CCCCC1COc1ccccc12. The molecule has 0 bridgehead atoms. The van der Waals surface area contributed by atoms with Crippen molar-refractivity contribution in [3.63, 3.8) is 0 Å². The molecule has 0 spiro atoms. The lowest BCUT2D eigenvalue weighted by molar-refractivity contribution is 0.133.